The topological polar surface area (TPSA) is 39.6 Å². The van der Waals surface area contributed by atoms with E-state index in [2.05, 4.69) is 4.98 Å². The van der Waals surface area contributed by atoms with Crippen molar-refractivity contribution in [3.05, 3.63) is 58.8 Å². The average Bonchev–Trinajstić information content (AvgIpc) is 2.97. The molecule has 0 saturated carbocycles. The number of benzene rings is 2. The van der Waals surface area contributed by atoms with Crippen LogP contribution in [0.4, 0.5) is 26.3 Å². The Labute approximate surface area is 130 Å². The van der Waals surface area contributed by atoms with E-state index in [1.54, 1.807) is 6.07 Å². The highest BCUT2D eigenvalue weighted by Gasteiger charge is 2.28. The van der Waals surface area contributed by atoms with Gasteiger partial charge in [-0.2, -0.15) is 5.26 Å². The summed E-state index contributed by atoms with van der Waals surface area (Å²) in [7, 11) is 0. The molecule has 2 nitrogen and oxygen atoms in total. The van der Waals surface area contributed by atoms with Crippen LogP contribution in [0.15, 0.2) is 18.3 Å². The number of hydrogen-bond acceptors (Lipinski definition) is 1. The third-order valence-corrected chi connectivity index (χ3v) is 3.61. The first-order valence-corrected chi connectivity index (χ1v) is 6.55. The molecule has 3 aromatic rings. The predicted octanol–water partition coefficient (Wildman–Crippen LogP) is 4.74. The maximum Gasteiger partial charge on any atom is 0.200 e. The zero-order chi connectivity index (χ0) is 17.6. The molecule has 0 aliphatic heterocycles. The highest BCUT2D eigenvalue weighted by Crippen LogP contribution is 2.36. The van der Waals surface area contributed by atoms with Crippen molar-refractivity contribution in [1.29, 1.82) is 5.26 Å². The van der Waals surface area contributed by atoms with Gasteiger partial charge in [0.15, 0.2) is 23.3 Å². The van der Waals surface area contributed by atoms with Gasteiger partial charge in [-0.25, -0.2) is 26.3 Å². The molecule has 0 aliphatic rings. The lowest BCUT2D eigenvalue weighted by molar-refractivity contribution is 0.381. The molecular weight excluding hydrogens is 334 g/mol. The summed E-state index contributed by atoms with van der Waals surface area (Å²) in [6.45, 7) is 0. The third kappa shape index (κ3) is 2.12. The molecule has 0 atom stereocenters. The Bertz CT molecular complexity index is 987. The quantitative estimate of drug-likeness (QED) is 0.409. The third-order valence-electron chi connectivity index (χ3n) is 3.61. The molecule has 0 radical (unpaired) electrons. The fourth-order valence-corrected chi connectivity index (χ4v) is 2.51. The summed E-state index contributed by atoms with van der Waals surface area (Å²) >= 11 is 0. The normalized spacial score (nSPS) is 11.0. The SMILES string of the molecule is N#CCc1c[nH]c2ccc(-c3c(F)c(F)c(F)c(F)c3F)c(F)c12. The van der Waals surface area contributed by atoms with Crippen molar-refractivity contribution in [2.45, 2.75) is 6.42 Å². The van der Waals surface area contributed by atoms with Gasteiger partial charge in [0.25, 0.3) is 0 Å². The first-order chi connectivity index (χ1) is 11.4. The zero-order valence-electron chi connectivity index (χ0n) is 11.7. The van der Waals surface area contributed by atoms with Gasteiger partial charge in [0, 0.05) is 22.7 Å². The van der Waals surface area contributed by atoms with Crippen molar-refractivity contribution in [1.82, 2.24) is 4.98 Å². The molecule has 2 aromatic carbocycles. The molecule has 0 aliphatic carbocycles. The van der Waals surface area contributed by atoms with Crippen molar-refractivity contribution < 1.29 is 26.3 Å². The smallest absolute Gasteiger partial charge is 0.200 e. The van der Waals surface area contributed by atoms with Gasteiger partial charge in [0.2, 0.25) is 5.82 Å². The minimum Gasteiger partial charge on any atom is -0.361 e. The zero-order valence-corrected chi connectivity index (χ0v) is 11.7. The number of halogens is 6. The van der Waals surface area contributed by atoms with E-state index in [0.29, 0.717) is 0 Å². The van der Waals surface area contributed by atoms with Gasteiger partial charge in [0.1, 0.15) is 5.82 Å². The molecule has 0 amide bonds. The van der Waals surface area contributed by atoms with Crippen LogP contribution in [0.2, 0.25) is 0 Å². The minimum atomic E-state index is -2.32. The summed E-state index contributed by atoms with van der Waals surface area (Å²) in [4.78, 5) is 2.67. The lowest BCUT2D eigenvalue weighted by Gasteiger charge is -2.10. The van der Waals surface area contributed by atoms with E-state index < -0.39 is 46.0 Å². The second kappa shape index (κ2) is 5.60. The van der Waals surface area contributed by atoms with Crippen molar-refractivity contribution >= 4 is 10.9 Å². The van der Waals surface area contributed by atoms with Gasteiger partial charge in [-0.05, 0) is 17.7 Å². The second-order valence-corrected chi connectivity index (χ2v) is 4.94. The Hall–Kier alpha value is -2.95. The van der Waals surface area contributed by atoms with Crippen LogP contribution in [0.1, 0.15) is 5.56 Å². The second-order valence-electron chi connectivity index (χ2n) is 4.94. The van der Waals surface area contributed by atoms with Gasteiger partial charge in [-0.3, -0.25) is 0 Å². The summed E-state index contributed by atoms with van der Waals surface area (Å²) in [5, 5.41) is 8.58. The monoisotopic (exact) mass is 340 g/mol. The van der Waals surface area contributed by atoms with E-state index in [-0.39, 0.29) is 22.9 Å². The number of aromatic amines is 1. The number of hydrogen-bond donors (Lipinski definition) is 1. The van der Waals surface area contributed by atoms with Crippen LogP contribution in [-0.2, 0) is 6.42 Å². The van der Waals surface area contributed by atoms with E-state index in [9.17, 15) is 26.3 Å². The fraction of sp³-hybridized carbons (Fsp3) is 0.0625. The van der Waals surface area contributed by atoms with Crippen LogP contribution in [0.25, 0.3) is 22.0 Å². The molecule has 0 fully saturated rings. The molecule has 0 saturated heterocycles. The Morgan fingerprint density at radius 2 is 1.42 bits per heavy atom. The maximum absolute atomic E-state index is 14.7. The van der Waals surface area contributed by atoms with Crippen LogP contribution < -0.4 is 0 Å². The molecule has 1 N–H and O–H groups in total. The number of nitrogens with one attached hydrogen (secondary N) is 1. The largest absolute Gasteiger partial charge is 0.361 e. The molecule has 3 rings (SSSR count). The summed E-state index contributed by atoms with van der Waals surface area (Å²) in [6.07, 6.45) is 1.14. The summed E-state index contributed by atoms with van der Waals surface area (Å²) in [5.41, 5.74) is -1.70. The van der Waals surface area contributed by atoms with Crippen molar-refractivity contribution in [3.8, 4) is 17.2 Å². The molecule has 0 spiro atoms. The van der Waals surface area contributed by atoms with Crippen LogP contribution in [0.5, 0.6) is 0 Å². The van der Waals surface area contributed by atoms with E-state index in [4.69, 9.17) is 5.26 Å². The standard InChI is InChI=1S/C16H6F6N2/c17-11-7(1-2-8-9(11)6(3-4-23)5-24-8)10-12(18)14(20)16(22)15(21)13(10)19/h1-2,5,24H,3H2. The molecule has 1 heterocycles. The van der Waals surface area contributed by atoms with E-state index in [1.807, 2.05) is 0 Å². The van der Waals surface area contributed by atoms with Gasteiger partial charge < -0.3 is 4.98 Å². The van der Waals surface area contributed by atoms with Gasteiger partial charge in [0.05, 0.1) is 18.1 Å². The highest BCUT2D eigenvalue weighted by molar-refractivity contribution is 5.89. The van der Waals surface area contributed by atoms with Crippen molar-refractivity contribution in [2.24, 2.45) is 0 Å². The van der Waals surface area contributed by atoms with Crippen LogP contribution in [0, 0.1) is 46.2 Å². The first-order valence-electron chi connectivity index (χ1n) is 6.55. The van der Waals surface area contributed by atoms with E-state index in [1.165, 1.54) is 12.3 Å². The first kappa shape index (κ1) is 15.9. The Balaban J connectivity index is 2.38. The Kier molecular flexibility index (Phi) is 3.72. The Morgan fingerprint density at radius 1 is 0.833 bits per heavy atom. The van der Waals surface area contributed by atoms with Gasteiger partial charge in [-0.1, -0.05) is 0 Å². The average molecular weight is 340 g/mol. The van der Waals surface area contributed by atoms with Crippen LogP contribution in [-0.4, -0.2) is 4.98 Å². The molecular formula is C16H6F6N2. The fourth-order valence-electron chi connectivity index (χ4n) is 2.51. The highest BCUT2D eigenvalue weighted by atomic mass is 19.2. The van der Waals surface area contributed by atoms with Crippen LogP contribution in [0.3, 0.4) is 0 Å². The van der Waals surface area contributed by atoms with E-state index >= 15 is 0 Å². The molecule has 24 heavy (non-hydrogen) atoms. The number of rotatable bonds is 2. The number of nitriles is 1. The van der Waals surface area contributed by atoms with Crippen LogP contribution >= 0.6 is 0 Å². The van der Waals surface area contributed by atoms with E-state index in [0.717, 1.165) is 6.07 Å². The van der Waals surface area contributed by atoms with Crippen molar-refractivity contribution in [3.63, 3.8) is 0 Å². The van der Waals surface area contributed by atoms with Crippen molar-refractivity contribution in [2.75, 3.05) is 0 Å². The van der Waals surface area contributed by atoms with Gasteiger partial charge in [-0.15, -0.1) is 0 Å². The van der Waals surface area contributed by atoms with Gasteiger partial charge >= 0.3 is 0 Å². The number of nitrogens with zero attached hydrogens (tertiary/aromatic N) is 1. The molecule has 122 valence electrons. The summed E-state index contributed by atoms with van der Waals surface area (Å²) < 4.78 is 82.3. The lowest BCUT2D eigenvalue weighted by Crippen LogP contribution is -2.05. The number of fused-ring (bicyclic) bond motifs is 1. The molecule has 1 aromatic heterocycles. The number of aromatic nitrogens is 1. The minimum absolute atomic E-state index is 0.141. The lowest BCUT2D eigenvalue weighted by atomic mass is 9.99. The molecule has 8 heteroatoms. The molecule has 0 bridgehead atoms. The predicted molar refractivity (Wildman–Crippen MR) is 72.8 cm³/mol. The Morgan fingerprint density at radius 3 is 2.00 bits per heavy atom. The summed E-state index contributed by atoms with van der Waals surface area (Å²) in [5.74, 6) is -12.1. The molecule has 0 unspecified atom stereocenters. The summed E-state index contributed by atoms with van der Waals surface area (Å²) in [6, 6.07) is 3.93. The maximum atomic E-state index is 14.7. The number of H-pyrrole nitrogens is 1.